The van der Waals surface area contributed by atoms with Crippen molar-refractivity contribution in [3.05, 3.63) is 62.7 Å². The lowest BCUT2D eigenvalue weighted by atomic mass is 10.2. The maximum absolute atomic E-state index is 13.7. The largest absolute Gasteiger partial charge is 0.442 e. The third-order valence-corrected chi connectivity index (χ3v) is 2.77. The molecule has 0 saturated heterocycles. The smallest absolute Gasteiger partial charge is 0.313 e. The Balaban J connectivity index is 2.54. The molecule has 2 rings (SSSR count). The van der Waals surface area contributed by atoms with Crippen molar-refractivity contribution in [2.24, 2.45) is 0 Å². The van der Waals surface area contributed by atoms with Crippen molar-refractivity contribution in [1.82, 2.24) is 0 Å². The Kier molecular flexibility index (Phi) is 4.00. The van der Waals surface area contributed by atoms with Crippen molar-refractivity contribution in [2.45, 2.75) is 0 Å². The van der Waals surface area contributed by atoms with Gasteiger partial charge in [0, 0.05) is 6.07 Å². The molecule has 0 heterocycles. The van der Waals surface area contributed by atoms with E-state index in [0.29, 0.717) is 0 Å². The molecule has 2 aromatic rings. The maximum Gasteiger partial charge on any atom is 0.313 e. The van der Waals surface area contributed by atoms with Gasteiger partial charge in [-0.2, -0.15) is 5.26 Å². The van der Waals surface area contributed by atoms with E-state index in [9.17, 15) is 18.9 Å². The lowest BCUT2D eigenvalue weighted by Crippen LogP contribution is -1.98. The topological polar surface area (TPSA) is 76.2 Å². The van der Waals surface area contributed by atoms with Crippen LogP contribution in [0.3, 0.4) is 0 Å². The van der Waals surface area contributed by atoms with Crippen LogP contribution < -0.4 is 4.74 Å². The second-order valence-corrected chi connectivity index (χ2v) is 4.24. The number of hydrogen-bond donors (Lipinski definition) is 0. The second-order valence-electron chi connectivity index (χ2n) is 3.83. The van der Waals surface area contributed by atoms with Crippen molar-refractivity contribution in [1.29, 1.82) is 5.26 Å². The SMILES string of the molecule is N#Cc1cc(F)c(Oc2c(Cl)cccc2[N+](=O)[O-])c(F)c1. The Labute approximate surface area is 122 Å². The highest BCUT2D eigenvalue weighted by molar-refractivity contribution is 6.32. The molecule has 106 valence electrons. The van der Waals surface area contributed by atoms with E-state index in [1.165, 1.54) is 12.1 Å². The number of nitro benzene ring substituents is 1. The van der Waals surface area contributed by atoms with E-state index in [2.05, 4.69) is 0 Å². The number of ether oxygens (including phenoxy) is 1. The highest BCUT2D eigenvalue weighted by Gasteiger charge is 2.22. The average Bonchev–Trinajstić information content (AvgIpc) is 2.43. The summed E-state index contributed by atoms with van der Waals surface area (Å²) >= 11 is 5.76. The lowest BCUT2D eigenvalue weighted by Gasteiger charge is -2.09. The van der Waals surface area contributed by atoms with Crippen LogP contribution in [0.15, 0.2) is 30.3 Å². The van der Waals surface area contributed by atoms with E-state index in [1.54, 1.807) is 6.07 Å². The standard InChI is InChI=1S/C13H5ClF2N2O3/c14-8-2-1-3-11(18(19)20)12(8)21-13-9(15)4-7(6-17)5-10(13)16/h1-5H. The summed E-state index contributed by atoms with van der Waals surface area (Å²) in [6.45, 7) is 0. The van der Waals surface area contributed by atoms with Crippen LogP contribution in [-0.2, 0) is 0 Å². The van der Waals surface area contributed by atoms with Gasteiger partial charge in [0.05, 0.1) is 21.6 Å². The fourth-order valence-corrected chi connectivity index (χ4v) is 1.77. The Morgan fingerprint density at radius 3 is 2.38 bits per heavy atom. The second kappa shape index (κ2) is 5.73. The monoisotopic (exact) mass is 310 g/mol. The summed E-state index contributed by atoms with van der Waals surface area (Å²) in [6.07, 6.45) is 0. The maximum atomic E-state index is 13.7. The fourth-order valence-electron chi connectivity index (χ4n) is 1.57. The van der Waals surface area contributed by atoms with Crippen LogP contribution >= 0.6 is 11.6 Å². The molecule has 0 aliphatic heterocycles. The summed E-state index contributed by atoms with van der Waals surface area (Å²) in [6, 6.07) is 6.74. The van der Waals surface area contributed by atoms with Crippen molar-refractivity contribution in [3.8, 4) is 17.6 Å². The summed E-state index contributed by atoms with van der Waals surface area (Å²) in [5, 5.41) is 19.3. The number of nitriles is 1. The van der Waals surface area contributed by atoms with Crippen LogP contribution in [-0.4, -0.2) is 4.92 Å². The molecule has 0 aromatic heterocycles. The molecule has 0 unspecified atom stereocenters. The zero-order valence-electron chi connectivity index (χ0n) is 10.1. The van der Waals surface area contributed by atoms with E-state index in [-0.39, 0.29) is 10.6 Å². The summed E-state index contributed by atoms with van der Waals surface area (Å²) in [5.41, 5.74) is -0.781. The molecule has 21 heavy (non-hydrogen) atoms. The van der Waals surface area contributed by atoms with Crippen LogP contribution in [0.4, 0.5) is 14.5 Å². The van der Waals surface area contributed by atoms with Gasteiger partial charge in [-0.1, -0.05) is 17.7 Å². The minimum absolute atomic E-state index is 0.174. The first kappa shape index (κ1) is 14.7. The number of hydrogen-bond acceptors (Lipinski definition) is 4. The summed E-state index contributed by atoms with van der Waals surface area (Å²) in [7, 11) is 0. The normalized spacial score (nSPS) is 10.0. The lowest BCUT2D eigenvalue weighted by molar-refractivity contribution is -0.385. The van der Waals surface area contributed by atoms with Gasteiger partial charge in [-0.3, -0.25) is 10.1 Å². The van der Waals surface area contributed by atoms with Crippen molar-refractivity contribution >= 4 is 17.3 Å². The van der Waals surface area contributed by atoms with Crippen molar-refractivity contribution < 1.29 is 18.4 Å². The molecule has 0 fully saturated rings. The molecule has 0 saturated carbocycles. The molecule has 0 spiro atoms. The van der Waals surface area contributed by atoms with Gasteiger partial charge in [0.15, 0.2) is 17.4 Å². The van der Waals surface area contributed by atoms with Gasteiger partial charge in [0.2, 0.25) is 5.75 Å². The van der Waals surface area contributed by atoms with Crippen molar-refractivity contribution in [2.75, 3.05) is 0 Å². The number of benzene rings is 2. The molecule has 2 aromatic carbocycles. The third-order valence-electron chi connectivity index (χ3n) is 2.47. The molecule has 0 amide bonds. The highest BCUT2D eigenvalue weighted by Crippen LogP contribution is 2.39. The molecular weight excluding hydrogens is 306 g/mol. The minimum atomic E-state index is -1.17. The number of halogens is 3. The average molecular weight is 311 g/mol. The quantitative estimate of drug-likeness (QED) is 0.629. The third kappa shape index (κ3) is 2.90. The Bertz CT molecular complexity index is 751. The van der Waals surface area contributed by atoms with Gasteiger partial charge in [0.1, 0.15) is 0 Å². The van der Waals surface area contributed by atoms with Crippen molar-refractivity contribution in [3.63, 3.8) is 0 Å². The van der Waals surface area contributed by atoms with Gasteiger partial charge in [-0.15, -0.1) is 0 Å². The van der Waals surface area contributed by atoms with Gasteiger partial charge < -0.3 is 4.74 Å². The van der Waals surface area contributed by atoms with E-state index in [4.69, 9.17) is 21.6 Å². The first-order valence-corrected chi connectivity index (χ1v) is 5.81. The van der Waals surface area contributed by atoms with E-state index >= 15 is 0 Å². The molecular formula is C13H5ClF2N2O3. The van der Waals surface area contributed by atoms with E-state index in [0.717, 1.165) is 18.2 Å². The first-order chi connectivity index (χ1) is 9.93. The molecule has 8 heteroatoms. The van der Waals surface area contributed by atoms with Crippen LogP contribution in [0.1, 0.15) is 5.56 Å². The van der Waals surface area contributed by atoms with E-state index in [1.807, 2.05) is 0 Å². The van der Waals surface area contributed by atoms with Gasteiger partial charge in [-0.25, -0.2) is 8.78 Å². The summed E-state index contributed by atoms with van der Waals surface area (Å²) in [5.74, 6) is -3.68. The van der Waals surface area contributed by atoms with Crippen LogP contribution in [0.2, 0.25) is 5.02 Å². The van der Waals surface area contributed by atoms with Crippen LogP contribution in [0, 0.1) is 33.1 Å². The molecule has 0 bridgehead atoms. The summed E-state index contributed by atoms with van der Waals surface area (Å²) in [4.78, 5) is 10.1. The Morgan fingerprint density at radius 2 is 1.86 bits per heavy atom. The molecule has 5 nitrogen and oxygen atoms in total. The molecule has 0 atom stereocenters. The molecule has 0 aliphatic carbocycles. The Morgan fingerprint density at radius 1 is 1.24 bits per heavy atom. The van der Waals surface area contributed by atoms with Crippen LogP contribution in [0.25, 0.3) is 0 Å². The zero-order valence-corrected chi connectivity index (χ0v) is 10.9. The van der Waals surface area contributed by atoms with Gasteiger partial charge in [-0.05, 0) is 18.2 Å². The van der Waals surface area contributed by atoms with Crippen LogP contribution in [0.5, 0.6) is 11.5 Å². The Hall–Kier alpha value is -2.72. The van der Waals surface area contributed by atoms with E-state index < -0.39 is 33.7 Å². The van der Waals surface area contributed by atoms with Gasteiger partial charge >= 0.3 is 5.69 Å². The molecule has 0 N–H and O–H groups in total. The fraction of sp³-hybridized carbons (Fsp3) is 0. The number of rotatable bonds is 3. The highest BCUT2D eigenvalue weighted by atomic mass is 35.5. The number of para-hydroxylation sites is 1. The predicted molar refractivity (Wildman–Crippen MR) is 69.3 cm³/mol. The predicted octanol–water partition coefficient (Wildman–Crippen LogP) is 4.19. The number of nitro groups is 1. The molecule has 0 radical (unpaired) electrons. The van der Waals surface area contributed by atoms with Gasteiger partial charge in [0.25, 0.3) is 0 Å². The summed E-state index contributed by atoms with van der Waals surface area (Å²) < 4.78 is 32.4. The molecule has 0 aliphatic rings. The minimum Gasteiger partial charge on any atom is -0.442 e. The number of nitrogens with zero attached hydrogens (tertiary/aromatic N) is 2. The zero-order chi connectivity index (χ0) is 15.6. The first-order valence-electron chi connectivity index (χ1n) is 5.44.